The number of hydrogen-bond donors (Lipinski definition) is 1. The number of halogens is 1. The third-order valence-corrected chi connectivity index (χ3v) is 5.85. The highest BCUT2D eigenvalue weighted by molar-refractivity contribution is 6.29. The number of carbonyl (C=O) groups is 2. The molecule has 0 aliphatic heterocycles. The molecule has 31 heavy (non-hydrogen) atoms. The van der Waals surface area contributed by atoms with Gasteiger partial charge in [0.05, 0.1) is 14.2 Å². The van der Waals surface area contributed by atoms with Crippen LogP contribution in [0, 0.1) is 0 Å². The zero-order valence-electron chi connectivity index (χ0n) is 18.0. The number of nitrogens with zero attached hydrogens (tertiary/aromatic N) is 1. The molecule has 2 aromatic rings. The molecule has 1 aliphatic carbocycles. The van der Waals surface area contributed by atoms with Crippen LogP contribution in [0.2, 0.25) is 0 Å². The Morgan fingerprint density at radius 2 is 1.52 bits per heavy atom. The molecule has 166 valence electrons. The molecule has 0 bridgehead atoms. The summed E-state index contributed by atoms with van der Waals surface area (Å²) >= 11 is 5.96. The lowest BCUT2D eigenvalue weighted by Gasteiger charge is -2.33. The average Bonchev–Trinajstić information content (AvgIpc) is 2.83. The van der Waals surface area contributed by atoms with Crippen molar-refractivity contribution < 1.29 is 19.1 Å². The van der Waals surface area contributed by atoms with Gasteiger partial charge < -0.3 is 14.8 Å². The van der Waals surface area contributed by atoms with Crippen molar-refractivity contribution >= 4 is 29.1 Å². The SMILES string of the molecule is COc1ccc([C@H](C(=O)NC2CCCCC2)N(C(=O)CCl)c2ccc(OC)cc2)cc1. The molecule has 0 radical (unpaired) electrons. The predicted octanol–water partition coefficient (Wildman–Crippen LogP) is 4.47. The first-order valence-electron chi connectivity index (χ1n) is 10.5. The quantitative estimate of drug-likeness (QED) is 0.610. The van der Waals surface area contributed by atoms with Gasteiger partial charge in [0.2, 0.25) is 11.8 Å². The number of rotatable bonds is 8. The van der Waals surface area contributed by atoms with E-state index in [1.807, 2.05) is 12.1 Å². The van der Waals surface area contributed by atoms with Crippen LogP contribution in [0.15, 0.2) is 48.5 Å². The summed E-state index contributed by atoms with van der Waals surface area (Å²) < 4.78 is 10.5. The van der Waals surface area contributed by atoms with Gasteiger partial charge in [0.1, 0.15) is 23.4 Å². The summed E-state index contributed by atoms with van der Waals surface area (Å²) in [5, 5.41) is 3.17. The van der Waals surface area contributed by atoms with Crippen LogP contribution in [-0.4, -0.2) is 38.0 Å². The molecule has 0 saturated heterocycles. The normalized spacial score (nSPS) is 15.1. The molecule has 0 unspecified atom stereocenters. The van der Waals surface area contributed by atoms with Crippen molar-refractivity contribution in [3.8, 4) is 11.5 Å². The lowest BCUT2D eigenvalue weighted by molar-refractivity contribution is -0.126. The van der Waals surface area contributed by atoms with E-state index in [4.69, 9.17) is 21.1 Å². The van der Waals surface area contributed by atoms with Crippen molar-refractivity contribution in [3.05, 3.63) is 54.1 Å². The first-order chi connectivity index (χ1) is 15.1. The van der Waals surface area contributed by atoms with Crippen LogP contribution in [0.25, 0.3) is 0 Å². The number of anilines is 1. The first kappa shape index (κ1) is 22.9. The number of alkyl halides is 1. The molecule has 1 aliphatic rings. The molecule has 6 nitrogen and oxygen atoms in total. The number of amides is 2. The Bertz CT molecular complexity index is 864. The Hall–Kier alpha value is -2.73. The number of methoxy groups -OCH3 is 2. The molecule has 1 saturated carbocycles. The van der Waals surface area contributed by atoms with E-state index in [1.165, 1.54) is 11.3 Å². The number of ether oxygens (including phenoxy) is 2. The van der Waals surface area contributed by atoms with E-state index >= 15 is 0 Å². The topological polar surface area (TPSA) is 67.9 Å². The highest BCUT2D eigenvalue weighted by atomic mass is 35.5. The number of hydrogen-bond acceptors (Lipinski definition) is 4. The predicted molar refractivity (Wildman–Crippen MR) is 122 cm³/mol. The second kappa shape index (κ2) is 11.0. The van der Waals surface area contributed by atoms with Crippen LogP contribution in [0.5, 0.6) is 11.5 Å². The van der Waals surface area contributed by atoms with Crippen LogP contribution >= 0.6 is 11.6 Å². The van der Waals surface area contributed by atoms with E-state index in [2.05, 4.69) is 5.32 Å². The summed E-state index contributed by atoms with van der Waals surface area (Å²) in [6.07, 6.45) is 5.29. The van der Waals surface area contributed by atoms with Gasteiger partial charge in [-0.1, -0.05) is 31.4 Å². The van der Waals surface area contributed by atoms with E-state index in [9.17, 15) is 9.59 Å². The molecule has 3 rings (SSSR count). The van der Waals surface area contributed by atoms with Gasteiger partial charge in [-0.2, -0.15) is 0 Å². The largest absolute Gasteiger partial charge is 0.497 e. The van der Waals surface area contributed by atoms with Gasteiger partial charge in [-0.3, -0.25) is 14.5 Å². The van der Waals surface area contributed by atoms with Gasteiger partial charge in [0, 0.05) is 11.7 Å². The van der Waals surface area contributed by atoms with E-state index < -0.39 is 6.04 Å². The van der Waals surface area contributed by atoms with Gasteiger partial charge in [0.15, 0.2) is 0 Å². The fourth-order valence-corrected chi connectivity index (χ4v) is 4.10. The average molecular weight is 445 g/mol. The van der Waals surface area contributed by atoms with Crippen molar-refractivity contribution in [2.24, 2.45) is 0 Å². The molecule has 0 spiro atoms. The van der Waals surface area contributed by atoms with Crippen LogP contribution in [0.1, 0.15) is 43.7 Å². The van der Waals surface area contributed by atoms with Crippen molar-refractivity contribution in [3.63, 3.8) is 0 Å². The molecule has 0 heterocycles. The molecule has 0 aromatic heterocycles. The number of nitrogens with one attached hydrogen (secondary N) is 1. The maximum Gasteiger partial charge on any atom is 0.248 e. The van der Waals surface area contributed by atoms with E-state index in [-0.39, 0.29) is 23.7 Å². The summed E-state index contributed by atoms with van der Waals surface area (Å²) in [5.74, 6) is 0.525. The Labute approximate surface area is 188 Å². The maximum absolute atomic E-state index is 13.5. The first-order valence-corrected chi connectivity index (χ1v) is 11.1. The van der Waals surface area contributed by atoms with Gasteiger partial charge >= 0.3 is 0 Å². The second-order valence-corrected chi connectivity index (χ2v) is 7.88. The van der Waals surface area contributed by atoms with Crippen LogP contribution in [-0.2, 0) is 9.59 Å². The summed E-state index contributed by atoms with van der Waals surface area (Å²) in [7, 11) is 3.16. The van der Waals surface area contributed by atoms with Crippen LogP contribution in [0.4, 0.5) is 5.69 Å². The summed E-state index contributed by atoms with van der Waals surface area (Å²) in [4.78, 5) is 27.9. The van der Waals surface area contributed by atoms with E-state index in [1.54, 1.807) is 50.6 Å². The standard InChI is InChI=1S/C24H29ClN2O4/c1-30-20-12-8-17(9-13-20)23(24(29)26-18-6-4-3-5-7-18)27(22(28)16-25)19-10-14-21(31-2)15-11-19/h8-15,18,23H,3-7,16H2,1-2H3,(H,26,29)/t23-/m1/s1. The minimum atomic E-state index is -0.854. The fourth-order valence-electron chi connectivity index (χ4n) is 3.98. The van der Waals surface area contributed by atoms with Gasteiger partial charge in [-0.15, -0.1) is 11.6 Å². The Kier molecular flexibility index (Phi) is 8.18. The molecule has 2 amide bonds. The fraction of sp³-hybridized carbons (Fsp3) is 0.417. The minimum absolute atomic E-state index is 0.116. The lowest BCUT2D eigenvalue weighted by Crippen LogP contribution is -2.47. The highest BCUT2D eigenvalue weighted by Crippen LogP contribution is 2.31. The number of carbonyl (C=O) groups excluding carboxylic acids is 2. The zero-order chi connectivity index (χ0) is 22.2. The van der Waals surface area contributed by atoms with Crippen molar-refractivity contribution in [1.29, 1.82) is 0 Å². The Morgan fingerprint density at radius 1 is 0.968 bits per heavy atom. The minimum Gasteiger partial charge on any atom is -0.497 e. The van der Waals surface area contributed by atoms with Gasteiger partial charge in [-0.05, 0) is 54.8 Å². The molecule has 7 heteroatoms. The molecular weight excluding hydrogens is 416 g/mol. The zero-order valence-corrected chi connectivity index (χ0v) is 18.7. The maximum atomic E-state index is 13.5. The molecule has 1 N–H and O–H groups in total. The highest BCUT2D eigenvalue weighted by Gasteiger charge is 2.33. The van der Waals surface area contributed by atoms with Crippen molar-refractivity contribution in [1.82, 2.24) is 5.32 Å². The third-order valence-electron chi connectivity index (χ3n) is 5.62. The lowest BCUT2D eigenvalue weighted by atomic mass is 9.94. The summed E-state index contributed by atoms with van der Waals surface area (Å²) in [6.45, 7) is 0. The van der Waals surface area contributed by atoms with E-state index in [0.717, 1.165) is 25.7 Å². The molecule has 1 atom stereocenters. The second-order valence-electron chi connectivity index (χ2n) is 7.61. The summed E-state index contributed by atoms with van der Waals surface area (Å²) in [5.41, 5.74) is 1.26. The monoisotopic (exact) mass is 444 g/mol. The van der Waals surface area contributed by atoms with Gasteiger partial charge in [0.25, 0.3) is 0 Å². The molecule has 1 fully saturated rings. The number of benzene rings is 2. The third kappa shape index (κ3) is 5.70. The summed E-state index contributed by atoms with van der Waals surface area (Å²) in [6, 6.07) is 13.5. The Balaban J connectivity index is 2.00. The van der Waals surface area contributed by atoms with E-state index in [0.29, 0.717) is 22.7 Å². The van der Waals surface area contributed by atoms with Crippen LogP contribution in [0.3, 0.4) is 0 Å². The van der Waals surface area contributed by atoms with Crippen LogP contribution < -0.4 is 19.7 Å². The van der Waals surface area contributed by atoms with Crippen molar-refractivity contribution in [2.75, 3.05) is 25.0 Å². The molecular formula is C24H29ClN2O4. The Morgan fingerprint density at radius 3 is 2.03 bits per heavy atom. The van der Waals surface area contributed by atoms with Crippen molar-refractivity contribution in [2.45, 2.75) is 44.2 Å². The van der Waals surface area contributed by atoms with Gasteiger partial charge in [-0.25, -0.2) is 0 Å². The molecule has 2 aromatic carbocycles. The smallest absolute Gasteiger partial charge is 0.248 e.